The number of aryl methyl sites for hydroxylation is 1. The molecule has 2 aromatic carbocycles. The highest BCUT2D eigenvalue weighted by atomic mass is 19.1. The van der Waals surface area contributed by atoms with E-state index in [0.717, 1.165) is 11.4 Å². The summed E-state index contributed by atoms with van der Waals surface area (Å²) in [6, 6.07) is 17.0. The van der Waals surface area contributed by atoms with Crippen LogP contribution in [0.3, 0.4) is 0 Å². The van der Waals surface area contributed by atoms with Gasteiger partial charge in [0.2, 0.25) is 0 Å². The summed E-state index contributed by atoms with van der Waals surface area (Å²) in [4.78, 5) is 16.3. The van der Waals surface area contributed by atoms with Crippen LogP contribution in [0.25, 0.3) is 0 Å². The Kier molecular flexibility index (Phi) is 4.52. The van der Waals surface area contributed by atoms with Gasteiger partial charge in [-0.3, -0.25) is 9.78 Å². The molecule has 1 aromatic heterocycles. The molecule has 0 aliphatic carbocycles. The minimum absolute atomic E-state index is 0.274. The summed E-state index contributed by atoms with van der Waals surface area (Å²) in [5.74, 6) is -0.704. The number of aromatic nitrogens is 1. The van der Waals surface area contributed by atoms with E-state index < -0.39 is 0 Å². The Labute approximate surface area is 139 Å². The summed E-state index contributed by atoms with van der Waals surface area (Å²) in [7, 11) is 0. The number of nitrogens with one attached hydrogen (secondary N) is 2. The topological polar surface area (TPSA) is 54.0 Å². The molecule has 4 nitrogen and oxygen atoms in total. The zero-order valence-electron chi connectivity index (χ0n) is 13.1. The fraction of sp³-hybridized carbons (Fsp3) is 0.0526. The molecule has 3 rings (SSSR count). The number of carbonyl (C=O) groups is 1. The molecule has 1 amide bonds. The predicted octanol–water partition coefficient (Wildman–Crippen LogP) is 4.53. The summed E-state index contributed by atoms with van der Waals surface area (Å²) in [6.07, 6.45) is 1.57. The van der Waals surface area contributed by atoms with Crippen LogP contribution < -0.4 is 10.6 Å². The molecule has 24 heavy (non-hydrogen) atoms. The first-order valence-corrected chi connectivity index (χ1v) is 7.47. The van der Waals surface area contributed by atoms with E-state index >= 15 is 0 Å². The number of rotatable bonds is 4. The Balaban J connectivity index is 1.73. The lowest BCUT2D eigenvalue weighted by molar-refractivity contribution is 0.102. The first-order valence-electron chi connectivity index (χ1n) is 7.47. The second-order valence-electron chi connectivity index (χ2n) is 5.38. The van der Waals surface area contributed by atoms with Crippen molar-refractivity contribution in [3.05, 3.63) is 83.9 Å². The van der Waals surface area contributed by atoms with Crippen molar-refractivity contribution in [3.63, 3.8) is 0 Å². The molecule has 0 radical (unpaired) electrons. The van der Waals surface area contributed by atoms with E-state index in [1.54, 1.807) is 18.3 Å². The SMILES string of the molecule is Cc1ccc(Nc2ccnc(C(=O)Nc3ccc(F)cc3)c2)cc1. The molecule has 0 bridgehead atoms. The lowest BCUT2D eigenvalue weighted by atomic mass is 10.2. The van der Waals surface area contributed by atoms with Crippen LogP contribution in [0.5, 0.6) is 0 Å². The fourth-order valence-corrected chi connectivity index (χ4v) is 2.16. The molecule has 2 N–H and O–H groups in total. The number of anilines is 3. The van der Waals surface area contributed by atoms with Crippen LogP contribution in [0.4, 0.5) is 21.5 Å². The Morgan fingerprint density at radius 3 is 2.29 bits per heavy atom. The summed E-state index contributed by atoms with van der Waals surface area (Å²) in [5, 5.41) is 5.92. The molecule has 0 saturated heterocycles. The average molecular weight is 321 g/mol. The van der Waals surface area contributed by atoms with Crippen molar-refractivity contribution >= 4 is 23.0 Å². The Morgan fingerprint density at radius 1 is 0.917 bits per heavy atom. The zero-order chi connectivity index (χ0) is 16.9. The first kappa shape index (κ1) is 15.7. The Morgan fingerprint density at radius 2 is 1.58 bits per heavy atom. The van der Waals surface area contributed by atoms with Crippen molar-refractivity contribution in [3.8, 4) is 0 Å². The Bertz CT molecular complexity index is 845. The largest absolute Gasteiger partial charge is 0.355 e. The quantitative estimate of drug-likeness (QED) is 0.742. The van der Waals surface area contributed by atoms with Crippen LogP contribution in [0.1, 0.15) is 16.1 Å². The molecule has 5 heteroatoms. The van der Waals surface area contributed by atoms with Crippen LogP contribution >= 0.6 is 0 Å². The third kappa shape index (κ3) is 3.95. The standard InChI is InChI=1S/C19H16FN3O/c1-13-2-6-15(7-3-13)22-17-10-11-21-18(12-17)19(24)23-16-8-4-14(20)5-9-16/h2-12H,1H3,(H,21,22)(H,23,24). The molecule has 120 valence electrons. The number of benzene rings is 2. The van der Waals surface area contributed by atoms with E-state index in [0.29, 0.717) is 5.69 Å². The van der Waals surface area contributed by atoms with Crippen molar-refractivity contribution in [2.45, 2.75) is 6.92 Å². The van der Waals surface area contributed by atoms with Crippen LogP contribution in [0, 0.1) is 12.7 Å². The van der Waals surface area contributed by atoms with Gasteiger partial charge in [0.1, 0.15) is 11.5 Å². The van der Waals surface area contributed by atoms with Gasteiger partial charge in [0.15, 0.2) is 0 Å². The van der Waals surface area contributed by atoms with Gasteiger partial charge < -0.3 is 10.6 Å². The number of pyridine rings is 1. The van der Waals surface area contributed by atoms with Crippen molar-refractivity contribution in [1.29, 1.82) is 0 Å². The number of amides is 1. The molecular formula is C19H16FN3O. The van der Waals surface area contributed by atoms with Gasteiger partial charge in [-0.05, 0) is 55.5 Å². The van der Waals surface area contributed by atoms with Crippen LogP contribution in [0.2, 0.25) is 0 Å². The monoisotopic (exact) mass is 321 g/mol. The van der Waals surface area contributed by atoms with E-state index in [1.165, 1.54) is 29.8 Å². The number of carbonyl (C=O) groups excluding carboxylic acids is 1. The van der Waals surface area contributed by atoms with Crippen molar-refractivity contribution < 1.29 is 9.18 Å². The van der Waals surface area contributed by atoms with Crippen LogP contribution in [-0.2, 0) is 0 Å². The van der Waals surface area contributed by atoms with E-state index in [1.807, 2.05) is 31.2 Å². The second-order valence-corrected chi connectivity index (χ2v) is 5.38. The van der Waals surface area contributed by atoms with Gasteiger partial charge in [0.25, 0.3) is 5.91 Å². The van der Waals surface area contributed by atoms with Crippen LogP contribution in [-0.4, -0.2) is 10.9 Å². The summed E-state index contributed by atoms with van der Waals surface area (Å²) < 4.78 is 12.9. The van der Waals surface area contributed by atoms with Crippen molar-refractivity contribution in [2.24, 2.45) is 0 Å². The minimum atomic E-state index is -0.353. The van der Waals surface area contributed by atoms with E-state index in [-0.39, 0.29) is 17.4 Å². The molecule has 0 atom stereocenters. The lowest BCUT2D eigenvalue weighted by Crippen LogP contribution is -2.13. The van der Waals surface area contributed by atoms with E-state index in [4.69, 9.17) is 0 Å². The third-order valence-corrected chi connectivity index (χ3v) is 3.43. The number of hydrogen-bond acceptors (Lipinski definition) is 3. The first-order chi connectivity index (χ1) is 11.6. The number of nitrogens with zero attached hydrogens (tertiary/aromatic N) is 1. The second kappa shape index (κ2) is 6.91. The molecule has 0 saturated carbocycles. The highest BCUT2D eigenvalue weighted by Crippen LogP contribution is 2.18. The third-order valence-electron chi connectivity index (χ3n) is 3.43. The number of halogens is 1. The fourth-order valence-electron chi connectivity index (χ4n) is 2.16. The molecule has 0 fully saturated rings. The van der Waals surface area contributed by atoms with Gasteiger partial charge in [0.05, 0.1) is 0 Å². The van der Waals surface area contributed by atoms with Gasteiger partial charge in [-0.2, -0.15) is 0 Å². The molecule has 0 spiro atoms. The molecular weight excluding hydrogens is 305 g/mol. The molecule has 0 aliphatic rings. The maximum atomic E-state index is 12.9. The maximum Gasteiger partial charge on any atom is 0.274 e. The average Bonchev–Trinajstić information content (AvgIpc) is 2.59. The van der Waals surface area contributed by atoms with Crippen molar-refractivity contribution in [1.82, 2.24) is 4.98 Å². The van der Waals surface area contributed by atoms with Gasteiger partial charge in [-0.25, -0.2) is 4.39 Å². The Hall–Kier alpha value is -3.21. The van der Waals surface area contributed by atoms with Gasteiger partial charge in [-0.1, -0.05) is 17.7 Å². The molecule has 3 aromatic rings. The summed E-state index contributed by atoms with van der Waals surface area (Å²) in [5.41, 5.74) is 3.65. The molecule has 1 heterocycles. The summed E-state index contributed by atoms with van der Waals surface area (Å²) >= 11 is 0. The normalized spacial score (nSPS) is 10.2. The van der Waals surface area contributed by atoms with Crippen molar-refractivity contribution in [2.75, 3.05) is 10.6 Å². The molecule has 0 aliphatic heterocycles. The smallest absolute Gasteiger partial charge is 0.274 e. The van der Waals surface area contributed by atoms with Gasteiger partial charge >= 0.3 is 0 Å². The summed E-state index contributed by atoms with van der Waals surface area (Å²) in [6.45, 7) is 2.02. The maximum absolute atomic E-state index is 12.9. The van der Waals surface area contributed by atoms with E-state index in [2.05, 4.69) is 15.6 Å². The molecule has 0 unspecified atom stereocenters. The highest BCUT2D eigenvalue weighted by Gasteiger charge is 2.09. The predicted molar refractivity (Wildman–Crippen MR) is 93.1 cm³/mol. The lowest BCUT2D eigenvalue weighted by Gasteiger charge is -2.09. The minimum Gasteiger partial charge on any atom is -0.355 e. The number of hydrogen-bond donors (Lipinski definition) is 2. The zero-order valence-corrected chi connectivity index (χ0v) is 13.1. The van der Waals surface area contributed by atoms with E-state index in [9.17, 15) is 9.18 Å². The van der Waals surface area contributed by atoms with Gasteiger partial charge in [0, 0.05) is 23.3 Å². The highest BCUT2D eigenvalue weighted by molar-refractivity contribution is 6.03. The van der Waals surface area contributed by atoms with Gasteiger partial charge in [-0.15, -0.1) is 0 Å². The van der Waals surface area contributed by atoms with Crippen LogP contribution in [0.15, 0.2) is 66.9 Å².